The molecule has 1 aliphatic carbocycles. The summed E-state index contributed by atoms with van der Waals surface area (Å²) in [4.78, 5) is 27.2. The Kier molecular flexibility index (Phi) is 3.52. The minimum Gasteiger partial charge on any atom is -0.354 e. The van der Waals surface area contributed by atoms with Gasteiger partial charge in [0.15, 0.2) is 17.4 Å². The average Bonchev–Trinajstić information content (AvgIpc) is 2.81. The van der Waals surface area contributed by atoms with Crippen molar-refractivity contribution in [2.45, 2.75) is 26.2 Å². The smallest absolute Gasteiger partial charge is 0.272 e. The molecule has 0 saturated heterocycles. The van der Waals surface area contributed by atoms with Crippen LogP contribution in [0.15, 0.2) is 18.2 Å². The van der Waals surface area contributed by atoms with Crippen molar-refractivity contribution in [1.82, 2.24) is 4.98 Å². The van der Waals surface area contributed by atoms with Crippen molar-refractivity contribution < 1.29 is 18.4 Å². The fraction of sp³-hybridized carbons (Fsp3) is 0.250. The zero-order chi connectivity index (χ0) is 15.9. The molecule has 0 spiro atoms. The van der Waals surface area contributed by atoms with E-state index in [9.17, 15) is 18.4 Å². The molecule has 2 N–H and O–H groups in total. The summed E-state index contributed by atoms with van der Waals surface area (Å²) < 4.78 is 26.1. The van der Waals surface area contributed by atoms with Gasteiger partial charge >= 0.3 is 0 Å². The second-order valence-electron chi connectivity index (χ2n) is 5.34. The largest absolute Gasteiger partial charge is 0.354 e. The van der Waals surface area contributed by atoms with Crippen molar-refractivity contribution in [3.63, 3.8) is 0 Å². The van der Waals surface area contributed by atoms with Gasteiger partial charge in [-0.2, -0.15) is 0 Å². The van der Waals surface area contributed by atoms with Crippen molar-refractivity contribution in [2.75, 3.05) is 5.32 Å². The summed E-state index contributed by atoms with van der Waals surface area (Å²) in [6.45, 7) is 1.71. The Morgan fingerprint density at radius 2 is 2.00 bits per heavy atom. The second-order valence-corrected chi connectivity index (χ2v) is 5.34. The predicted molar refractivity (Wildman–Crippen MR) is 77.1 cm³/mol. The number of benzene rings is 1. The number of aryl methyl sites for hydroxylation is 1. The summed E-state index contributed by atoms with van der Waals surface area (Å²) >= 11 is 0. The van der Waals surface area contributed by atoms with Gasteiger partial charge in [0.2, 0.25) is 0 Å². The number of aromatic nitrogens is 1. The van der Waals surface area contributed by atoms with Crippen LogP contribution in [-0.2, 0) is 6.42 Å². The molecule has 1 aliphatic rings. The van der Waals surface area contributed by atoms with Crippen LogP contribution in [0.25, 0.3) is 0 Å². The molecular formula is C16H14F2N2O2. The lowest BCUT2D eigenvalue weighted by Crippen LogP contribution is -2.14. The molecule has 2 aromatic rings. The van der Waals surface area contributed by atoms with E-state index in [0.29, 0.717) is 17.5 Å². The first-order valence-electron chi connectivity index (χ1n) is 6.98. The lowest BCUT2D eigenvalue weighted by atomic mass is 9.94. The molecule has 0 bridgehead atoms. The molecule has 3 rings (SSSR count). The molecule has 1 amide bonds. The van der Waals surface area contributed by atoms with E-state index in [-0.39, 0.29) is 17.2 Å². The molecule has 0 unspecified atom stereocenters. The number of fused-ring (bicyclic) bond motifs is 1. The summed E-state index contributed by atoms with van der Waals surface area (Å²) in [5.41, 5.74) is 2.39. The van der Waals surface area contributed by atoms with E-state index in [1.807, 2.05) is 0 Å². The Morgan fingerprint density at radius 1 is 1.23 bits per heavy atom. The number of Topliss-reactive ketones (excluding diaryl/α,β-unsaturated/α-hetero) is 1. The number of nitrogens with one attached hydrogen (secondary N) is 2. The summed E-state index contributed by atoms with van der Waals surface area (Å²) in [7, 11) is 0. The van der Waals surface area contributed by atoms with Gasteiger partial charge in [0.1, 0.15) is 5.69 Å². The van der Waals surface area contributed by atoms with Gasteiger partial charge in [0.05, 0.1) is 0 Å². The Bertz CT molecular complexity index is 781. The van der Waals surface area contributed by atoms with Crippen molar-refractivity contribution in [2.24, 2.45) is 0 Å². The number of carbonyl (C=O) groups is 2. The van der Waals surface area contributed by atoms with Crippen LogP contribution in [0.5, 0.6) is 0 Å². The van der Waals surface area contributed by atoms with Gasteiger partial charge in [-0.3, -0.25) is 9.59 Å². The van der Waals surface area contributed by atoms with Crippen LogP contribution in [0.4, 0.5) is 14.5 Å². The number of carbonyl (C=O) groups excluding carboxylic acids is 2. The maximum atomic E-state index is 13.2. The van der Waals surface area contributed by atoms with E-state index in [1.54, 1.807) is 6.92 Å². The van der Waals surface area contributed by atoms with Gasteiger partial charge in [0.25, 0.3) is 5.91 Å². The van der Waals surface area contributed by atoms with Gasteiger partial charge in [-0.1, -0.05) is 0 Å². The molecule has 6 heteroatoms. The van der Waals surface area contributed by atoms with Crippen LogP contribution in [0.3, 0.4) is 0 Å². The quantitative estimate of drug-likeness (QED) is 0.893. The highest BCUT2D eigenvalue weighted by atomic mass is 19.2. The third-order valence-corrected chi connectivity index (χ3v) is 3.84. The number of anilines is 1. The molecule has 22 heavy (non-hydrogen) atoms. The minimum atomic E-state index is -1.03. The monoisotopic (exact) mass is 304 g/mol. The van der Waals surface area contributed by atoms with E-state index in [2.05, 4.69) is 10.3 Å². The van der Waals surface area contributed by atoms with Crippen molar-refractivity contribution in [3.8, 4) is 0 Å². The number of amides is 1. The van der Waals surface area contributed by atoms with Gasteiger partial charge in [-0.15, -0.1) is 0 Å². The van der Waals surface area contributed by atoms with E-state index in [0.717, 1.165) is 30.7 Å². The van der Waals surface area contributed by atoms with Crippen molar-refractivity contribution in [3.05, 3.63) is 52.3 Å². The average molecular weight is 304 g/mol. The van der Waals surface area contributed by atoms with E-state index in [4.69, 9.17) is 0 Å². The third kappa shape index (κ3) is 2.41. The number of hydrogen-bond donors (Lipinski definition) is 2. The lowest BCUT2D eigenvalue weighted by Gasteiger charge is -2.09. The van der Waals surface area contributed by atoms with E-state index in [1.165, 1.54) is 6.07 Å². The summed E-state index contributed by atoms with van der Waals surface area (Å²) in [6, 6.07) is 3.14. The highest BCUT2D eigenvalue weighted by Crippen LogP contribution is 2.27. The van der Waals surface area contributed by atoms with Gasteiger partial charge < -0.3 is 10.3 Å². The maximum Gasteiger partial charge on any atom is 0.272 e. The molecule has 1 aromatic carbocycles. The first kappa shape index (κ1) is 14.4. The number of aromatic amines is 1. The fourth-order valence-corrected chi connectivity index (χ4v) is 2.77. The second kappa shape index (κ2) is 5.36. The van der Waals surface area contributed by atoms with Crippen LogP contribution in [0.1, 0.15) is 44.9 Å². The van der Waals surface area contributed by atoms with Gasteiger partial charge in [-0.05, 0) is 37.5 Å². The summed E-state index contributed by atoms with van der Waals surface area (Å²) in [5.74, 6) is -2.46. The third-order valence-electron chi connectivity index (χ3n) is 3.84. The maximum absolute atomic E-state index is 13.2. The first-order valence-corrected chi connectivity index (χ1v) is 6.98. The zero-order valence-corrected chi connectivity index (χ0v) is 11.9. The standard InChI is InChI=1S/C16H14F2N2O2/c1-8-14-12(3-2-4-13(14)21)20-15(8)16(22)19-9-5-6-10(17)11(18)7-9/h5-7,20H,2-4H2,1H3,(H,19,22). The molecule has 0 aliphatic heterocycles. The van der Waals surface area contributed by atoms with Crippen LogP contribution >= 0.6 is 0 Å². The van der Waals surface area contributed by atoms with Crippen LogP contribution in [0.2, 0.25) is 0 Å². The van der Waals surface area contributed by atoms with Crippen molar-refractivity contribution in [1.29, 1.82) is 0 Å². The number of halogens is 2. The number of ketones is 1. The minimum absolute atomic E-state index is 0.0295. The molecule has 1 aromatic heterocycles. The Morgan fingerprint density at radius 3 is 2.68 bits per heavy atom. The predicted octanol–water partition coefficient (Wildman–Crippen LogP) is 3.37. The SMILES string of the molecule is Cc1c(C(=O)Nc2ccc(F)c(F)c2)[nH]c2c1C(=O)CCC2. The molecule has 4 nitrogen and oxygen atoms in total. The molecule has 0 saturated carbocycles. The molecule has 1 heterocycles. The van der Waals surface area contributed by atoms with E-state index >= 15 is 0 Å². The molecule has 0 atom stereocenters. The van der Waals surface area contributed by atoms with Crippen LogP contribution < -0.4 is 5.32 Å². The van der Waals surface area contributed by atoms with Crippen LogP contribution in [-0.4, -0.2) is 16.7 Å². The zero-order valence-electron chi connectivity index (χ0n) is 11.9. The Labute approximate surface area is 125 Å². The fourth-order valence-electron chi connectivity index (χ4n) is 2.77. The molecule has 0 radical (unpaired) electrons. The first-order chi connectivity index (χ1) is 10.5. The lowest BCUT2D eigenvalue weighted by molar-refractivity contribution is 0.0971. The topological polar surface area (TPSA) is 62.0 Å². The Hall–Kier alpha value is -2.50. The Balaban J connectivity index is 1.89. The number of H-pyrrole nitrogens is 1. The number of rotatable bonds is 2. The van der Waals surface area contributed by atoms with Gasteiger partial charge in [-0.25, -0.2) is 8.78 Å². The molecule has 114 valence electrons. The summed E-state index contributed by atoms with van der Waals surface area (Å²) in [6.07, 6.45) is 1.96. The number of hydrogen-bond acceptors (Lipinski definition) is 2. The highest BCUT2D eigenvalue weighted by molar-refractivity contribution is 6.08. The van der Waals surface area contributed by atoms with Crippen LogP contribution in [0, 0.1) is 18.6 Å². The molecule has 0 fully saturated rings. The summed E-state index contributed by atoms with van der Waals surface area (Å²) in [5, 5.41) is 2.50. The normalized spacial score (nSPS) is 13.9. The highest BCUT2D eigenvalue weighted by Gasteiger charge is 2.26. The van der Waals surface area contributed by atoms with Crippen molar-refractivity contribution >= 4 is 17.4 Å². The molecular weight excluding hydrogens is 290 g/mol. The van der Waals surface area contributed by atoms with Gasteiger partial charge in [0, 0.05) is 29.4 Å². The van der Waals surface area contributed by atoms with E-state index < -0.39 is 17.5 Å².